The fourth-order valence-corrected chi connectivity index (χ4v) is 13.1. The fraction of sp³-hybridized carbons (Fsp3) is 0.350. The summed E-state index contributed by atoms with van der Waals surface area (Å²) in [6, 6.07) is 32.0. The van der Waals surface area contributed by atoms with Gasteiger partial charge in [0.05, 0.1) is 0 Å². The Morgan fingerprint density at radius 2 is 0.822 bits per heavy atom. The molecule has 0 spiro atoms. The predicted molar refractivity (Wildman–Crippen MR) is 181 cm³/mol. The molecule has 0 saturated carbocycles. The summed E-state index contributed by atoms with van der Waals surface area (Å²) in [6.07, 6.45) is 10.2. The molecule has 0 heterocycles. The molecule has 0 N–H and O–H groups in total. The van der Waals surface area contributed by atoms with Gasteiger partial charge < -0.3 is 37.2 Å². The molecule has 0 saturated heterocycles. The molecule has 1 aliphatic rings. The Hall–Kier alpha value is -1.58. The van der Waals surface area contributed by atoms with Crippen LogP contribution in [-0.4, -0.2) is 8.07 Å². The quantitative estimate of drug-likeness (QED) is 0.113. The number of aryl methyl sites for hydroxylation is 6. The van der Waals surface area contributed by atoms with Gasteiger partial charge in [-0.15, -0.1) is 23.3 Å². The summed E-state index contributed by atoms with van der Waals surface area (Å²) < 4.78 is 0. The molecular weight excluding hydrogens is 663 g/mol. The van der Waals surface area contributed by atoms with Crippen molar-refractivity contribution in [3.05, 3.63) is 135 Å². The number of hydrogen-bond donors (Lipinski definition) is 0. The minimum absolute atomic E-state index is 0. The van der Waals surface area contributed by atoms with Crippen molar-refractivity contribution in [2.45, 2.75) is 92.5 Å². The Bertz CT molecular complexity index is 1390. The number of fused-ring (bicyclic) bond motifs is 1. The van der Waals surface area contributed by atoms with Gasteiger partial charge in [-0.1, -0.05) is 109 Å². The fourth-order valence-electron chi connectivity index (χ4n) is 7.13. The van der Waals surface area contributed by atoms with Crippen LogP contribution in [0.25, 0.3) is 0 Å². The van der Waals surface area contributed by atoms with Crippen molar-refractivity contribution in [3.63, 3.8) is 0 Å². The molecule has 0 amide bonds. The maximum absolute atomic E-state index is 3.88. The van der Waals surface area contributed by atoms with Crippen molar-refractivity contribution in [1.29, 1.82) is 0 Å². The molecule has 1 aliphatic carbocycles. The van der Waals surface area contributed by atoms with Gasteiger partial charge >= 0.3 is 21.7 Å². The van der Waals surface area contributed by atoms with E-state index in [2.05, 4.69) is 133 Å². The van der Waals surface area contributed by atoms with Gasteiger partial charge in [-0.2, -0.15) is 17.7 Å². The van der Waals surface area contributed by atoms with Gasteiger partial charge in [0.1, 0.15) is 8.07 Å². The Labute approximate surface area is 308 Å². The van der Waals surface area contributed by atoms with Gasteiger partial charge in [0.2, 0.25) is 0 Å². The summed E-state index contributed by atoms with van der Waals surface area (Å²) in [7, 11) is -2.69. The summed E-state index contributed by atoms with van der Waals surface area (Å²) in [6.45, 7) is 16.2. The monoisotopic (exact) mass is 708 g/mol. The summed E-state index contributed by atoms with van der Waals surface area (Å²) >= 11 is 0. The van der Waals surface area contributed by atoms with Crippen molar-refractivity contribution in [2.24, 2.45) is 0 Å². The van der Waals surface area contributed by atoms with Crippen LogP contribution in [0.3, 0.4) is 0 Å². The van der Waals surface area contributed by atoms with Crippen LogP contribution in [0, 0.1) is 6.08 Å². The van der Waals surface area contributed by atoms with E-state index in [0.29, 0.717) is 5.54 Å². The Kier molecular flexibility index (Phi) is 16.7. The van der Waals surface area contributed by atoms with E-state index in [0.717, 1.165) is 38.5 Å². The molecule has 4 aromatic rings. The first-order valence-corrected chi connectivity index (χ1v) is 18.1. The summed E-state index contributed by atoms with van der Waals surface area (Å²) in [5.41, 5.74) is 13.2. The molecule has 45 heavy (non-hydrogen) atoms. The van der Waals surface area contributed by atoms with Gasteiger partial charge in [-0.3, -0.25) is 0 Å². The van der Waals surface area contributed by atoms with Gasteiger partial charge in [-0.25, -0.2) is 0 Å². The molecule has 236 valence electrons. The third-order valence-electron chi connectivity index (χ3n) is 9.44. The second-order valence-electron chi connectivity index (χ2n) is 11.9. The van der Waals surface area contributed by atoms with Gasteiger partial charge in [0.15, 0.2) is 0 Å². The zero-order chi connectivity index (χ0) is 29.1. The minimum atomic E-state index is -2.69. The molecule has 5 rings (SSSR count). The molecular formula is C40H47Cl3SiTi. The molecule has 0 fully saturated rings. The summed E-state index contributed by atoms with van der Waals surface area (Å²) in [5.74, 6) is 0. The van der Waals surface area contributed by atoms with Gasteiger partial charge in [-0.05, 0) is 93.0 Å². The van der Waals surface area contributed by atoms with E-state index in [9.17, 15) is 0 Å². The second-order valence-corrected chi connectivity index (χ2v) is 15.8. The van der Waals surface area contributed by atoms with E-state index in [1.165, 1.54) is 50.1 Å². The van der Waals surface area contributed by atoms with Gasteiger partial charge in [0.25, 0.3) is 0 Å². The second kappa shape index (κ2) is 18.1. The zero-order valence-corrected chi connectivity index (χ0v) is 32.8. The number of allylic oxidation sites excluding steroid dienone is 1. The third-order valence-corrected chi connectivity index (χ3v) is 14.7. The Balaban J connectivity index is 0.00000253. The van der Waals surface area contributed by atoms with Crippen LogP contribution in [-0.2, 0) is 60.2 Å². The molecule has 0 aromatic heterocycles. The zero-order valence-electron chi connectivity index (χ0n) is 28.0. The topological polar surface area (TPSA) is 0 Å². The van der Waals surface area contributed by atoms with Crippen LogP contribution in [0.4, 0.5) is 0 Å². The third kappa shape index (κ3) is 7.94. The van der Waals surface area contributed by atoms with Crippen LogP contribution >= 0.6 is 0 Å². The maximum Gasteiger partial charge on any atom is 4.00 e. The molecule has 1 unspecified atom stereocenters. The molecule has 1 atom stereocenters. The molecule has 4 aromatic carbocycles. The Morgan fingerprint density at radius 3 is 1.13 bits per heavy atom. The average Bonchev–Trinajstić information content (AvgIpc) is 3.36. The first-order valence-electron chi connectivity index (χ1n) is 16.0. The van der Waals surface area contributed by atoms with E-state index in [4.69, 9.17) is 0 Å². The SMILES string of the molecule is CCc1cc(CC)cc([Si](c2cc(CC)cc(CC)c2)(c2cc(CC)cc(CC)c2)C2C(C)=[C-]c3ccccc32)c1.[Cl-].[Cl-].[Cl-].[Ti+4]. The standard InChI is InChI=1S/C40H47Si.3ClH.Ti/c1-8-29-19-30(9-2)23-36(22-29)41(37-24-31(10-3)20-32(11-4)25-37,38-26-33(12-5)21-34(13-6)27-38)40-28(7)18-35-16-14-15-17-39(35)40;;;;/h14-17,19-27,40H,8-13H2,1-7H3;3*1H;/q-1;;;;+4/p-3. The number of rotatable bonds is 10. The molecule has 0 radical (unpaired) electrons. The van der Waals surface area contributed by atoms with E-state index >= 15 is 0 Å². The number of hydrogen-bond acceptors (Lipinski definition) is 0. The number of halogens is 3. The van der Waals surface area contributed by atoms with E-state index in [1.807, 2.05) is 0 Å². The van der Waals surface area contributed by atoms with E-state index < -0.39 is 8.07 Å². The van der Waals surface area contributed by atoms with Crippen LogP contribution in [0.1, 0.15) is 98.5 Å². The summed E-state index contributed by atoms with van der Waals surface area (Å²) in [5, 5.41) is 4.67. The van der Waals surface area contributed by atoms with Crippen molar-refractivity contribution in [3.8, 4) is 0 Å². The van der Waals surface area contributed by atoms with Crippen molar-refractivity contribution in [2.75, 3.05) is 0 Å². The van der Waals surface area contributed by atoms with Gasteiger partial charge in [0, 0.05) is 0 Å². The number of benzene rings is 4. The van der Waals surface area contributed by atoms with E-state index in [1.54, 1.807) is 15.6 Å². The van der Waals surface area contributed by atoms with Crippen molar-refractivity contribution < 1.29 is 58.9 Å². The largest absolute Gasteiger partial charge is 4.00 e. The molecule has 5 heteroatoms. The van der Waals surface area contributed by atoms with Crippen LogP contribution in [0.5, 0.6) is 0 Å². The van der Waals surface area contributed by atoms with Crippen LogP contribution < -0.4 is 52.8 Å². The smallest absolute Gasteiger partial charge is 1.00 e. The first-order chi connectivity index (χ1) is 19.9. The average molecular weight is 710 g/mol. The van der Waals surface area contributed by atoms with Crippen LogP contribution in [0.15, 0.2) is 84.4 Å². The minimum Gasteiger partial charge on any atom is -1.00 e. The predicted octanol–water partition coefficient (Wildman–Crippen LogP) is -1.03. The molecule has 0 bridgehead atoms. The maximum atomic E-state index is 3.88. The first kappa shape index (κ1) is 41.4. The van der Waals surface area contributed by atoms with E-state index in [-0.39, 0.29) is 58.9 Å². The Morgan fingerprint density at radius 1 is 0.511 bits per heavy atom. The van der Waals surface area contributed by atoms with Crippen LogP contribution in [0.2, 0.25) is 0 Å². The van der Waals surface area contributed by atoms with Crippen molar-refractivity contribution >= 4 is 23.6 Å². The summed E-state index contributed by atoms with van der Waals surface area (Å²) in [4.78, 5) is 0. The normalized spacial score (nSPS) is 13.4. The molecule has 0 aliphatic heterocycles. The van der Waals surface area contributed by atoms with Crippen molar-refractivity contribution in [1.82, 2.24) is 0 Å². The molecule has 0 nitrogen and oxygen atoms in total.